The van der Waals surface area contributed by atoms with Crippen LogP contribution in [0.5, 0.6) is 0 Å². The number of fused-ring (bicyclic) bond motifs is 1. The first-order valence-electron chi connectivity index (χ1n) is 5.80. The number of aryl methyl sites for hydroxylation is 2. The molecule has 0 aliphatic carbocycles. The molecule has 0 spiro atoms. The van der Waals surface area contributed by atoms with E-state index in [9.17, 15) is 0 Å². The Kier molecular flexibility index (Phi) is 3.62. The topological polar surface area (TPSA) is 3.24 Å². The summed E-state index contributed by atoms with van der Waals surface area (Å²) >= 11 is 1.96. The Bertz CT molecular complexity index is 471. The van der Waals surface area contributed by atoms with Gasteiger partial charge < -0.3 is 4.90 Å². The largest absolute Gasteiger partial charge is 0.309 e. The minimum Gasteiger partial charge on any atom is -0.309 e. The minimum absolute atomic E-state index is 1.17. The van der Waals surface area contributed by atoms with Crippen LogP contribution in [-0.2, 0) is 6.42 Å². The van der Waals surface area contributed by atoms with Gasteiger partial charge in [0.2, 0.25) is 0 Å². The molecule has 1 aromatic heterocycles. The van der Waals surface area contributed by atoms with Gasteiger partial charge in [0.05, 0.1) is 0 Å². The van der Waals surface area contributed by atoms with E-state index in [0.717, 1.165) is 0 Å². The molecule has 0 saturated heterocycles. The second-order valence-corrected chi connectivity index (χ2v) is 5.69. The van der Waals surface area contributed by atoms with Crippen molar-refractivity contribution in [3.8, 4) is 0 Å². The van der Waals surface area contributed by atoms with Gasteiger partial charge >= 0.3 is 0 Å². The van der Waals surface area contributed by atoms with Gasteiger partial charge in [-0.15, -0.1) is 11.3 Å². The van der Waals surface area contributed by atoms with Crippen LogP contribution in [0, 0.1) is 6.92 Å². The molecule has 1 nitrogen and oxygen atoms in total. The molecule has 1 heterocycles. The van der Waals surface area contributed by atoms with Gasteiger partial charge in [-0.25, -0.2) is 0 Å². The van der Waals surface area contributed by atoms with E-state index in [-0.39, 0.29) is 0 Å². The van der Waals surface area contributed by atoms with Crippen LogP contribution in [0.1, 0.15) is 16.9 Å². The molecular formula is C14H19NS. The van der Waals surface area contributed by atoms with Crippen molar-refractivity contribution >= 4 is 21.4 Å². The van der Waals surface area contributed by atoms with Gasteiger partial charge in [-0.3, -0.25) is 0 Å². The van der Waals surface area contributed by atoms with Crippen LogP contribution >= 0.6 is 11.3 Å². The lowest BCUT2D eigenvalue weighted by Crippen LogP contribution is -2.13. The average molecular weight is 233 g/mol. The fourth-order valence-electron chi connectivity index (χ4n) is 2.02. The van der Waals surface area contributed by atoms with E-state index in [1.54, 1.807) is 4.88 Å². The summed E-state index contributed by atoms with van der Waals surface area (Å²) in [7, 11) is 4.27. The highest BCUT2D eigenvalue weighted by Crippen LogP contribution is 2.31. The Morgan fingerprint density at radius 3 is 2.62 bits per heavy atom. The molecule has 0 unspecified atom stereocenters. The molecule has 0 saturated carbocycles. The molecule has 0 aliphatic heterocycles. The number of hydrogen-bond acceptors (Lipinski definition) is 2. The lowest BCUT2D eigenvalue weighted by molar-refractivity contribution is 0.401. The Balaban J connectivity index is 2.15. The Morgan fingerprint density at radius 2 is 1.94 bits per heavy atom. The molecule has 2 aromatic rings. The molecule has 2 heteroatoms. The summed E-state index contributed by atoms with van der Waals surface area (Å²) in [6, 6.07) is 8.71. The predicted octanol–water partition coefficient (Wildman–Crippen LogP) is 3.70. The van der Waals surface area contributed by atoms with Gasteiger partial charge in [0.15, 0.2) is 0 Å². The van der Waals surface area contributed by atoms with Crippen molar-refractivity contribution in [2.24, 2.45) is 0 Å². The number of rotatable bonds is 4. The summed E-state index contributed by atoms with van der Waals surface area (Å²) in [5.41, 5.74) is 1.49. The molecule has 0 amide bonds. The predicted molar refractivity (Wildman–Crippen MR) is 73.4 cm³/mol. The highest BCUT2D eigenvalue weighted by Gasteiger charge is 2.07. The maximum absolute atomic E-state index is 2.25. The van der Waals surface area contributed by atoms with Crippen LogP contribution in [0.25, 0.3) is 10.1 Å². The highest BCUT2D eigenvalue weighted by molar-refractivity contribution is 7.19. The Morgan fingerprint density at radius 1 is 1.19 bits per heavy atom. The maximum Gasteiger partial charge on any atom is 0.0348 e. The molecule has 0 fully saturated rings. The van der Waals surface area contributed by atoms with Crippen molar-refractivity contribution in [3.05, 3.63) is 34.7 Å². The third kappa shape index (κ3) is 2.45. The molecule has 0 radical (unpaired) electrons. The molecule has 1 aromatic carbocycles. The van der Waals surface area contributed by atoms with E-state index in [2.05, 4.69) is 50.2 Å². The van der Waals surface area contributed by atoms with Gasteiger partial charge in [0.25, 0.3) is 0 Å². The first-order valence-corrected chi connectivity index (χ1v) is 6.62. The monoisotopic (exact) mass is 233 g/mol. The third-order valence-electron chi connectivity index (χ3n) is 2.95. The normalized spacial score (nSPS) is 11.5. The van der Waals surface area contributed by atoms with Crippen molar-refractivity contribution in [2.45, 2.75) is 19.8 Å². The highest BCUT2D eigenvalue weighted by atomic mass is 32.1. The molecule has 86 valence electrons. The van der Waals surface area contributed by atoms with E-state index in [1.807, 2.05) is 11.3 Å². The minimum atomic E-state index is 1.17. The van der Waals surface area contributed by atoms with Crippen molar-refractivity contribution in [1.82, 2.24) is 4.90 Å². The molecule has 0 atom stereocenters. The fraction of sp³-hybridized carbons (Fsp3) is 0.429. The van der Waals surface area contributed by atoms with Crippen molar-refractivity contribution < 1.29 is 0 Å². The SMILES string of the molecule is Cc1c(CCCN(C)C)sc2ccccc12. The number of thiophene rings is 1. The molecule has 0 N–H and O–H groups in total. The summed E-state index contributed by atoms with van der Waals surface area (Å²) in [6.07, 6.45) is 2.46. The van der Waals surface area contributed by atoms with Crippen LogP contribution in [0.2, 0.25) is 0 Å². The van der Waals surface area contributed by atoms with E-state index in [0.29, 0.717) is 0 Å². The van der Waals surface area contributed by atoms with Crippen LogP contribution in [-0.4, -0.2) is 25.5 Å². The average Bonchev–Trinajstić information content (AvgIpc) is 2.56. The van der Waals surface area contributed by atoms with Gasteiger partial charge in [0, 0.05) is 9.58 Å². The zero-order chi connectivity index (χ0) is 11.5. The number of hydrogen-bond donors (Lipinski definition) is 0. The zero-order valence-electron chi connectivity index (χ0n) is 10.3. The van der Waals surface area contributed by atoms with Crippen LogP contribution < -0.4 is 0 Å². The second-order valence-electron chi connectivity index (χ2n) is 4.55. The smallest absolute Gasteiger partial charge is 0.0348 e. The van der Waals surface area contributed by atoms with Crippen molar-refractivity contribution in [1.29, 1.82) is 0 Å². The molecule has 0 aliphatic rings. The first-order chi connectivity index (χ1) is 7.68. The van der Waals surface area contributed by atoms with Crippen molar-refractivity contribution in [2.75, 3.05) is 20.6 Å². The quantitative estimate of drug-likeness (QED) is 0.778. The van der Waals surface area contributed by atoms with E-state index < -0.39 is 0 Å². The van der Waals surface area contributed by atoms with Crippen LogP contribution in [0.4, 0.5) is 0 Å². The summed E-state index contributed by atoms with van der Waals surface area (Å²) in [4.78, 5) is 3.81. The second kappa shape index (κ2) is 4.98. The van der Waals surface area contributed by atoms with Gasteiger partial charge in [-0.1, -0.05) is 18.2 Å². The summed E-state index contributed by atoms with van der Waals surface area (Å²) in [6.45, 7) is 3.43. The Hall–Kier alpha value is -0.860. The molecular weight excluding hydrogens is 214 g/mol. The molecule has 16 heavy (non-hydrogen) atoms. The summed E-state index contributed by atoms with van der Waals surface area (Å²) in [5.74, 6) is 0. The summed E-state index contributed by atoms with van der Waals surface area (Å²) < 4.78 is 1.43. The zero-order valence-corrected chi connectivity index (χ0v) is 11.1. The lowest BCUT2D eigenvalue weighted by atomic mass is 10.1. The van der Waals surface area contributed by atoms with Crippen LogP contribution in [0.3, 0.4) is 0 Å². The lowest BCUT2D eigenvalue weighted by Gasteiger charge is -2.08. The van der Waals surface area contributed by atoms with Crippen molar-refractivity contribution in [3.63, 3.8) is 0 Å². The van der Waals surface area contributed by atoms with Crippen LogP contribution in [0.15, 0.2) is 24.3 Å². The van der Waals surface area contributed by atoms with Gasteiger partial charge in [-0.05, 0) is 57.4 Å². The summed E-state index contributed by atoms with van der Waals surface area (Å²) in [5, 5.41) is 1.44. The third-order valence-corrected chi connectivity index (χ3v) is 4.28. The standard InChI is InChI=1S/C14H19NS/c1-11-12-7-4-5-8-14(12)16-13(11)9-6-10-15(2)3/h4-5,7-8H,6,9-10H2,1-3H3. The number of nitrogens with zero attached hydrogens (tertiary/aromatic N) is 1. The maximum atomic E-state index is 2.25. The van der Waals surface area contributed by atoms with E-state index in [1.165, 1.54) is 35.0 Å². The molecule has 0 bridgehead atoms. The van der Waals surface area contributed by atoms with Gasteiger partial charge in [-0.2, -0.15) is 0 Å². The van der Waals surface area contributed by atoms with E-state index in [4.69, 9.17) is 0 Å². The fourth-order valence-corrected chi connectivity index (χ4v) is 3.27. The Labute approximate surface area is 102 Å². The molecule has 2 rings (SSSR count). The first kappa shape index (κ1) is 11.6. The number of benzene rings is 1. The van der Waals surface area contributed by atoms with Gasteiger partial charge in [0.1, 0.15) is 0 Å². The van der Waals surface area contributed by atoms with E-state index >= 15 is 0 Å².